The van der Waals surface area contributed by atoms with Gasteiger partial charge in [-0.15, -0.1) is 0 Å². The van der Waals surface area contributed by atoms with Gasteiger partial charge in [-0.05, 0) is 19.0 Å². The molecule has 12 heavy (non-hydrogen) atoms. The SMILES string of the molecule is CCB1OB(CC)OB(CC)O1. The maximum atomic E-state index is 5.47. The summed E-state index contributed by atoms with van der Waals surface area (Å²) in [6.07, 6.45) is 2.66. The molecule has 0 amide bonds. The van der Waals surface area contributed by atoms with Crippen LogP contribution >= 0.6 is 0 Å². The summed E-state index contributed by atoms with van der Waals surface area (Å²) in [4.78, 5) is 0. The first-order valence-corrected chi connectivity index (χ1v) is 4.76. The molecule has 0 radical (unpaired) electrons. The highest BCUT2D eigenvalue weighted by atomic mass is 16.7. The monoisotopic (exact) mass is 168 g/mol. The minimum atomic E-state index is -0.0753. The molecule has 0 aliphatic carbocycles. The van der Waals surface area contributed by atoms with Crippen molar-refractivity contribution in [3.63, 3.8) is 0 Å². The maximum Gasteiger partial charge on any atom is 0.429 e. The first-order valence-electron chi connectivity index (χ1n) is 4.76. The van der Waals surface area contributed by atoms with Crippen LogP contribution in [0.1, 0.15) is 20.8 Å². The molecule has 66 valence electrons. The van der Waals surface area contributed by atoms with Gasteiger partial charge in [-0.25, -0.2) is 0 Å². The van der Waals surface area contributed by atoms with Crippen molar-refractivity contribution in [2.45, 2.75) is 39.7 Å². The van der Waals surface area contributed by atoms with Crippen LogP contribution in [0.4, 0.5) is 0 Å². The van der Waals surface area contributed by atoms with Crippen molar-refractivity contribution in [1.82, 2.24) is 0 Å². The standard InChI is InChI=1S/C6H15B3O3/c1-4-7-10-8(5-2)12-9(6-3)11-7/h4-6H2,1-3H3. The van der Waals surface area contributed by atoms with E-state index in [1.54, 1.807) is 0 Å². The maximum absolute atomic E-state index is 5.47. The second-order valence-electron chi connectivity index (χ2n) is 2.92. The lowest BCUT2D eigenvalue weighted by Gasteiger charge is -2.29. The van der Waals surface area contributed by atoms with E-state index in [9.17, 15) is 0 Å². The Balaban J connectivity index is 2.41. The second-order valence-corrected chi connectivity index (χ2v) is 2.92. The molecule has 0 unspecified atom stereocenters. The third-order valence-corrected chi connectivity index (χ3v) is 1.91. The molecule has 0 N–H and O–H groups in total. The molecule has 0 aromatic rings. The Labute approximate surface area is 75.6 Å². The highest BCUT2D eigenvalue weighted by Gasteiger charge is 2.37. The van der Waals surface area contributed by atoms with E-state index in [1.165, 1.54) is 0 Å². The predicted octanol–water partition coefficient (Wildman–Crippen LogP) is 1.57. The van der Waals surface area contributed by atoms with Crippen molar-refractivity contribution in [2.24, 2.45) is 0 Å². The fourth-order valence-electron chi connectivity index (χ4n) is 1.18. The van der Waals surface area contributed by atoms with Gasteiger partial charge in [0, 0.05) is 0 Å². The van der Waals surface area contributed by atoms with E-state index in [4.69, 9.17) is 13.7 Å². The van der Waals surface area contributed by atoms with Gasteiger partial charge in [0.15, 0.2) is 0 Å². The lowest BCUT2D eigenvalue weighted by atomic mass is 9.66. The van der Waals surface area contributed by atoms with Crippen LogP contribution in [0.15, 0.2) is 0 Å². The zero-order chi connectivity index (χ0) is 8.97. The number of hydrogen-bond donors (Lipinski definition) is 0. The molecule has 0 atom stereocenters. The molecule has 0 saturated carbocycles. The minimum absolute atomic E-state index is 0.0753. The summed E-state index contributed by atoms with van der Waals surface area (Å²) in [6, 6.07) is 0. The van der Waals surface area contributed by atoms with E-state index in [1.807, 2.05) is 0 Å². The Morgan fingerprint density at radius 1 is 0.667 bits per heavy atom. The smallest absolute Gasteiger partial charge is 0.429 e. The first kappa shape index (κ1) is 10.2. The Bertz CT molecular complexity index is 105. The van der Waals surface area contributed by atoms with Crippen LogP contribution in [0.25, 0.3) is 0 Å². The highest BCUT2D eigenvalue weighted by molar-refractivity contribution is 6.73. The van der Waals surface area contributed by atoms with Crippen LogP contribution < -0.4 is 0 Å². The van der Waals surface area contributed by atoms with Crippen LogP contribution in [0.3, 0.4) is 0 Å². The lowest BCUT2D eigenvalue weighted by molar-refractivity contribution is 0.281. The highest BCUT2D eigenvalue weighted by Crippen LogP contribution is 2.14. The van der Waals surface area contributed by atoms with E-state index >= 15 is 0 Å². The third-order valence-electron chi connectivity index (χ3n) is 1.91. The largest absolute Gasteiger partial charge is 0.453 e. The summed E-state index contributed by atoms with van der Waals surface area (Å²) in [5, 5.41) is 0. The summed E-state index contributed by atoms with van der Waals surface area (Å²) in [5.41, 5.74) is 0. The van der Waals surface area contributed by atoms with E-state index < -0.39 is 0 Å². The molecular formula is C6H15B3O3. The summed E-state index contributed by atoms with van der Waals surface area (Å²) < 4.78 is 16.4. The molecule has 1 aliphatic heterocycles. The van der Waals surface area contributed by atoms with Crippen molar-refractivity contribution in [2.75, 3.05) is 0 Å². The van der Waals surface area contributed by atoms with E-state index in [-0.39, 0.29) is 21.4 Å². The molecule has 1 fully saturated rings. The van der Waals surface area contributed by atoms with Crippen molar-refractivity contribution >= 4 is 21.4 Å². The van der Waals surface area contributed by atoms with Gasteiger partial charge in [0.05, 0.1) is 0 Å². The molecule has 0 bridgehead atoms. The summed E-state index contributed by atoms with van der Waals surface area (Å²) >= 11 is 0. The molecule has 3 nitrogen and oxygen atoms in total. The van der Waals surface area contributed by atoms with Crippen LogP contribution in [0.2, 0.25) is 19.0 Å². The molecule has 6 heteroatoms. The molecule has 0 aromatic carbocycles. The Morgan fingerprint density at radius 3 is 1.08 bits per heavy atom. The summed E-state index contributed by atoms with van der Waals surface area (Å²) in [6.45, 7) is 6.15. The average Bonchev–Trinajstić information content (AvgIpc) is 2.16. The topological polar surface area (TPSA) is 27.7 Å². The van der Waals surface area contributed by atoms with Crippen molar-refractivity contribution < 1.29 is 13.7 Å². The normalized spacial score (nSPS) is 18.8. The Kier molecular flexibility index (Phi) is 4.19. The van der Waals surface area contributed by atoms with E-state index in [2.05, 4.69) is 20.8 Å². The molecule has 1 heterocycles. The zero-order valence-electron chi connectivity index (χ0n) is 8.08. The predicted molar refractivity (Wildman–Crippen MR) is 52.0 cm³/mol. The van der Waals surface area contributed by atoms with E-state index in [0.29, 0.717) is 0 Å². The zero-order valence-corrected chi connectivity index (χ0v) is 8.08. The summed E-state index contributed by atoms with van der Waals surface area (Å²) in [5.74, 6) is 0. The van der Waals surface area contributed by atoms with Crippen molar-refractivity contribution in [3.05, 3.63) is 0 Å². The average molecular weight is 168 g/mol. The molecule has 1 saturated heterocycles. The van der Waals surface area contributed by atoms with E-state index in [0.717, 1.165) is 19.0 Å². The first-order chi connectivity index (χ1) is 5.80. The fraction of sp³-hybridized carbons (Fsp3) is 1.00. The lowest BCUT2D eigenvalue weighted by Crippen LogP contribution is -2.47. The van der Waals surface area contributed by atoms with Crippen molar-refractivity contribution in [3.8, 4) is 0 Å². The van der Waals surface area contributed by atoms with Crippen LogP contribution in [0, 0.1) is 0 Å². The Hall–Kier alpha value is 0.0748. The van der Waals surface area contributed by atoms with Crippen LogP contribution in [-0.2, 0) is 13.7 Å². The van der Waals surface area contributed by atoms with Gasteiger partial charge >= 0.3 is 21.4 Å². The second kappa shape index (κ2) is 4.95. The van der Waals surface area contributed by atoms with Gasteiger partial charge in [0.25, 0.3) is 0 Å². The molecular weight excluding hydrogens is 152 g/mol. The fourth-order valence-corrected chi connectivity index (χ4v) is 1.18. The van der Waals surface area contributed by atoms with Crippen molar-refractivity contribution in [1.29, 1.82) is 0 Å². The Morgan fingerprint density at radius 2 is 0.917 bits per heavy atom. The van der Waals surface area contributed by atoms with Gasteiger partial charge in [0.2, 0.25) is 0 Å². The number of rotatable bonds is 3. The van der Waals surface area contributed by atoms with Gasteiger partial charge in [0.1, 0.15) is 0 Å². The number of hydrogen-bond acceptors (Lipinski definition) is 3. The molecule has 0 aromatic heterocycles. The van der Waals surface area contributed by atoms with Gasteiger partial charge in [-0.3, -0.25) is 0 Å². The van der Waals surface area contributed by atoms with Crippen LogP contribution in [-0.4, -0.2) is 21.4 Å². The molecule has 1 aliphatic rings. The molecule has 0 spiro atoms. The van der Waals surface area contributed by atoms with Gasteiger partial charge in [-0.1, -0.05) is 20.8 Å². The molecule has 1 rings (SSSR count). The van der Waals surface area contributed by atoms with Gasteiger partial charge in [-0.2, -0.15) is 0 Å². The quantitative estimate of drug-likeness (QED) is 0.598. The van der Waals surface area contributed by atoms with Gasteiger partial charge < -0.3 is 13.7 Å². The third kappa shape index (κ3) is 2.54. The summed E-state index contributed by atoms with van der Waals surface area (Å²) in [7, 11) is -0.226. The minimum Gasteiger partial charge on any atom is -0.453 e. The van der Waals surface area contributed by atoms with Crippen LogP contribution in [0.5, 0.6) is 0 Å².